The molecule has 5 aromatic heterocycles. The number of fused-ring (bicyclic) bond motifs is 1. The Labute approximate surface area is 329 Å². The molecular weight excluding hydrogens is 725 g/mol. The van der Waals surface area contributed by atoms with Crippen LogP contribution in [0, 0.1) is 28.6 Å². The standard InChI is InChI=1S/C39H44N16O2/c1-24(17-40)47-30-16-33(55-36-28(19-46-55)15-27(18-41)35(42)49-36)43-22-32(30)54-23-31(50-51-54)26-5-3-25(4-6-26)8-10-52-11-13-53(14-12-52)29-20-44-37(45-21-29)39(2)9-7-34(56)48-38(39)57/h15-16,19-26H,3-14H2,1-2H3,(H2,42,49)(H,43,47)(H,48,56,57)/t24-,25?,26?,39-/m1/s1. The van der Waals surface area contributed by atoms with Crippen LogP contribution in [0.2, 0.25) is 0 Å². The Bertz CT molecular complexity index is 2380. The fourth-order valence-corrected chi connectivity index (χ4v) is 8.06. The fourth-order valence-electron chi connectivity index (χ4n) is 8.06. The van der Waals surface area contributed by atoms with Crippen molar-refractivity contribution in [1.82, 2.24) is 54.9 Å². The lowest BCUT2D eigenvalue weighted by atomic mass is 9.79. The molecule has 292 valence electrons. The maximum absolute atomic E-state index is 12.5. The van der Waals surface area contributed by atoms with Crippen LogP contribution >= 0.6 is 0 Å². The van der Waals surface area contributed by atoms with E-state index in [-0.39, 0.29) is 29.6 Å². The second-order valence-electron chi connectivity index (χ2n) is 15.5. The van der Waals surface area contributed by atoms with E-state index >= 15 is 0 Å². The van der Waals surface area contributed by atoms with Gasteiger partial charge in [0.15, 0.2) is 11.5 Å². The summed E-state index contributed by atoms with van der Waals surface area (Å²) in [6.07, 6.45) is 15.1. The molecule has 57 heavy (non-hydrogen) atoms. The van der Waals surface area contributed by atoms with Crippen molar-refractivity contribution in [2.24, 2.45) is 5.92 Å². The Hall–Kier alpha value is -6.53. The van der Waals surface area contributed by atoms with Crippen LogP contribution in [-0.4, -0.2) is 100 Å². The number of nitrogens with one attached hydrogen (secondary N) is 2. The number of rotatable bonds is 10. The Kier molecular flexibility index (Phi) is 10.2. The van der Waals surface area contributed by atoms with Gasteiger partial charge < -0.3 is 16.0 Å². The first kappa shape index (κ1) is 37.4. The van der Waals surface area contributed by atoms with Gasteiger partial charge in [0.2, 0.25) is 11.8 Å². The van der Waals surface area contributed by atoms with Gasteiger partial charge in [-0.1, -0.05) is 5.21 Å². The summed E-state index contributed by atoms with van der Waals surface area (Å²) in [5.74, 6) is 1.42. The molecule has 3 fully saturated rings. The summed E-state index contributed by atoms with van der Waals surface area (Å²) in [7, 11) is 0. The monoisotopic (exact) mass is 768 g/mol. The molecule has 4 N–H and O–H groups in total. The van der Waals surface area contributed by atoms with Crippen LogP contribution in [0.5, 0.6) is 0 Å². The van der Waals surface area contributed by atoms with Gasteiger partial charge >= 0.3 is 0 Å². The van der Waals surface area contributed by atoms with Crippen molar-refractivity contribution in [2.75, 3.05) is 48.7 Å². The van der Waals surface area contributed by atoms with E-state index in [2.05, 4.69) is 61.8 Å². The predicted molar refractivity (Wildman–Crippen MR) is 209 cm³/mol. The lowest BCUT2D eigenvalue weighted by molar-refractivity contribution is -0.137. The Morgan fingerprint density at radius 3 is 2.53 bits per heavy atom. The predicted octanol–water partition coefficient (Wildman–Crippen LogP) is 3.14. The zero-order valence-electron chi connectivity index (χ0n) is 32.0. The largest absolute Gasteiger partial charge is 0.383 e. The first-order chi connectivity index (χ1) is 27.6. The van der Waals surface area contributed by atoms with E-state index in [4.69, 9.17) is 5.73 Å². The first-order valence-electron chi connectivity index (χ1n) is 19.4. The van der Waals surface area contributed by atoms with E-state index in [1.807, 2.05) is 12.3 Å². The average Bonchev–Trinajstić information content (AvgIpc) is 3.89. The SMILES string of the molecule is C[C@H](C#N)Nc1cc(-n2ncc3cc(C#N)c(N)nc32)ncc1-n1cc(C2CCC(CCN3CCN(c4cnc([C@@]5(C)CCC(=O)NC5=O)nc4)CC3)CC2)nn1. The Morgan fingerprint density at radius 2 is 1.81 bits per heavy atom. The summed E-state index contributed by atoms with van der Waals surface area (Å²) in [5.41, 5.74) is 9.02. The molecular formula is C39H44N16O2. The van der Waals surface area contributed by atoms with Crippen molar-refractivity contribution in [2.45, 2.75) is 76.2 Å². The van der Waals surface area contributed by atoms with Gasteiger partial charge in [0.05, 0.1) is 59.7 Å². The number of nitrogens with zero attached hydrogens (tertiary/aromatic N) is 13. The third-order valence-electron chi connectivity index (χ3n) is 11.7. The summed E-state index contributed by atoms with van der Waals surface area (Å²) in [5, 5.41) is 38.8. The number of aromatic nitrogens is 9. The molecule has 2 saturated heterocycles. The minimum atomic E-state index is -0.895. The fraction of sp³-hybridized carbons (Fsp3) is 0.462. The molecule has 0 aromatic carbocycles. The van der Waals surface area contributed by atoms with Gasteiger partial charge in [-0.3, -0.25) is 19.8 Å². The van der Waals surface area contributed by atoms with E-state index in [1.165, 1.54) is 0 Å². The molecule has 2 aliphatic heterocycles. The molecule has 2 atom stereocenters. The number of hydrogen-bond donors (Lipinski definition) is 3. The highest BCUT2D eigenvalue weighted by atomic mass is 16.2. The smallest absolute Gasteiger partial charge is 0.240 e. The summed E-state index contributed by atoms with van der Waals surface area (Å²) in [6, 6.07) is 7.21. The molecule has 8 rings (SSSR count). The van der Waals surface area contributed by atoms with Crippen LogP contribution in [0.3, 0.4) is 0 Å². The van der Waals surface area contributed by atoms with Crippen molar-refractivity contribution in [3.8, 4) is 23.6 Å². The van der Waals surface area contributed by atoms with Gasteiger partial charge in [0.1, 0.15) is 34.9 Å². The number of hydrogen-bond acceptors (Lipinski definition) is 15. The van der Waals surface area contributed by atoms with E-state index in [0.29, 0.717) is 52.3 Å². The van der Waals surface area contributed by atoms with Crippen LogP contribution in [-0.2, 0) is 15.0 Å². The number of anilines is 3. The number of nitrogens with two attached hydrogens (primary N) is 1. The summed E-state index contributed by atoms with van der Waals surface area (Å²) in [6.45, 7) is 8.35. The second kappa shape index (κ2) is 15.5. The lowest BCUT2D eigenvalue weighted by Gasteiger charge is -2.37. The highest BCUT2D eigenvalue weighted by molar-refractivity contribution is 6.02. The topological polar surface area (TPSA) is 238 Å². The molecule has 18 nitrogen and oxygen atoms in total. The van der Waals surface area contributed by atoms with Crippen molar-refractivity contribution in [3.63, 3.8) is 0 Å². The van der Waals surface area contributed by atoms with Gasteiger partial charge in [0, 0.05) is 50.0 Å². The van der Waals surface area contributed by atoms with Gasteiger partial charge in [0.25, 0.3) is 0 Å². The van der Waals surface area contributed by atoms with Crippen LogP contribution in [0.15, 0.2) is 43.1 Å². The Morgan fingerprint density at radius 1 is 1.04 bits per heavy atom. The van der Waals surface area contributed by atoms with Crippen molar-refractivity contribution in [3.05, 3.63) is 60.2 Å². The second-order valence-corrected chi connectivity index (χ2v) is 15.5. The average molecular weight is 769 g/mol. The molecule has 5 aromatic rings. The summed E-state index contributed by atoms with van der Waals surface area (Å²) in [4.78, 5) is 47.1. The number of pyridine rings is 2. The number of imide groups is 1. The Balaban J connectivity index is 0.845. The number of nitrogen functional groups attached to an aromatic ring is 1. The van der Waals surface area contributed by atoms with Crippen molar-refractivity contribution < 1.29 is 9.59 Å². The summed E-state index contributed by atoms with van der Waals surface area (Å²) >= 11 is 0. The van der Waals surface area contributed by atoms with Gasteiger partial charge in [-0.15, -0.1) is 5.10 Å². The van der Waals surface area contributed by atoms with Crippen LogP contribution in [0.25, 0.3) is 22.5 Å². The normalized spacial score (nSPS) is 22.1. The maximum Gasteiger partial charge on any atom is 0.240 e. The molecule has 2 amide bonds. The van der Waals surface area contributed by atoms with E-state index < -0.39 is 11.5 Å². The van der Waals surface area contributed by atoms with Gasteiger partial charge in [-0.2, -0.15) is 20.3 Å². The number of nitriles is 2. The minimum absolute atomic E-state index is 0.110. The van der Waals surface area contributed by atoms with Gasteiger partial charge in [-0.25, -0.2) is 24.6 Å². The van der Waals surface area contributed by atoms with E-state index in [1.54, 1.807) is 60.1 Å². The number of piperidine rings is 1. The number of amides is 2. The maximum atomic E-state index is 12.5. The van der Waals surface area contributed by atoms with E-state index in [0.717, 1.165) is 76.2 Å². The molecule has 1 saturated carbocycles. The zero-order valence-corrected chi connectivity index (χ0v) is 32.0. The molecule has 0 radical (unpaired) electrons. The molecule has 0 bridgehead atoms. The number of carbonyl (C=O) groups is 2. The molecule has 0 unspecified atom stereocenters. The molecule has 0 spiro atoms. The van der Waals surface area contributed by atoms with Crippen LogP contribution in [0.4, 0.5) is 17.2 Å². The summed E-state index contributed by atoms with van der Waals surface area (Å²) < 4.78 is 3.26. The van der Waals surface area contributed by atoms with E-state index in [9.17, 15) is 20.1 Å². The first-order valence-corrected chi connectivity index (χ1v) is 19.4. The molecule has 3 aliphatic rings. The number of piperazine rings is 1. The van der Waals surface area contributed by atoms with Crippen molar-refractivity contribution >= 4 is 40.0 Å². The van der Waals surface area contributed by atoms with Crippen LogP contribution < -0.4 is 21.3 Å². The highest BCUT2D eigenvalue weighted by Crippen LogP contribution is 2.37. The van der Waals surface area contributed by atoms with Gasteiger partial charge in [-0.05, 0) is 70.9 Å². The third-order valence-corrected chi connectivity index (χ3v) is 11.7. The van der Waals surface area contributed by atoms with Crippen LogP contribution in [0.1, 0.15) is 81.8 Å². The van der Waals surface area contributed by atoms with Crippen molar-refractivity contribution in [1.29, 1.82) is 10.5 Å². The molecule has 18 heteroatoms. The third kappa shape index (κ3) is 7.56. The lowest BCUT2D eigenvalue weighted by Crippen LogP contribution is -2.50. The molecule has 7 heterocycles. The quantitative estimate of drug-likeness (QED) is 0.173. The zero-order chi connectivity index (χ0) is 39.7. The molecule has 1 aliphatic carbocycles. The highest BCUT2D eigenvalue weighted by Gasteiger charge is 2.42. The number of carbonyl (C=O) groups excluding carboxylic acids is 2. The minimum Gasteiger partial charge on any atom is -0.383 e.